The van der Waals surface area contributed by atoms with Gasteiger partial charge in [0.25, 0.3) is 0 Å². The zero-order valence-corrected chi connectivity index (χ0v) is 12.8. The van der Waals surface area contributed by atoms with Crippen molar-refractivity contribution in [1.82, 2.24) is 5.32 Å². The smallest absolute Gasteiger partial charge is 0.164 e. The molecule has 21 heavy (non-hydrogen) atoms. The van der Waals surface area contributed by atoms with Gasteiger partial charge in [-0.2, -0.15) is 0 Å². The van der Waals surface area contributed by atoms with Crippen molar-refractivity contribution in [1.29, 1.82) is 0 Å². The minimum absolute atomic E-state index is 0.0299. The standard InChI is InChI=1S/C15H18F2N2OS/c1-3-12-10-7-21-14(18-2)19-15(10,8-20-12)9-5-4-6-11(16)13(9)17/h4-6,10,12H,3,7-8H2,1-2H3,(H,18,19)/t10-,12-,15-/m1/s1. The van der Waals surface area contributed by atoms with Gasteiger partial charge < -0.3 is 10.1 Å². The molecule has 0 bridgehead atoms. The number of amidine groups is 1. The number of hydrogen-bond donors (Lipinski definition) is 1. The van der Waals surface area contributed by atoms with Crippen LogP contribution in [0.4, 0.5) is 8.78 Å². The van der Waals surface area contributed by atoms with Gasteiger partial charge in [0, 0.05) is 24.3 Å². The first kappa shape index (κ1) is 14.8. The molecule has 1 fully saturated rings. The summed E-state index contributed by atoms with van der Waals surface area (Å²) in [6.07, 6.45) is 0.872. The van der Waals surface area contributed by atoms with Gasteiger partial charge >= 0.3 is 0 Å². The van der Waals surface area contributed by atoms with Crippen LogP contribution in [0.1, 0.15) is 18.9 Å². The number of halogens is 2. The molecule has 3 rings (SSSR count). The maximum atomic E-state index is 14.4. The van der Waals surface area contributed by atoms with Crippen LogP contribution in [0.2, 0.25) is 0 Å². The summed E-state index contributed by atoms with van der Waals surface area (Å²) in [5.74, 6) is -0.802. The van der Waals surface area contributed by atoms with Crippen LogP contribution in [0.5, 0.6) is 0 Å². The molecule has 3 nitrogen and oxygen atoms in total. The maximum absolute atomic E-state index is 14.4. The first-order valence-electron chi connectivity index (χ1n) is 7.09. The van der Waals surface area contributed by atoms with Crippen molar-refractivity contribution in [3.05, 3.63) is 35.4 Å². The molecule has 1 saturated heterocycles. The highest BCUT2D eigenvalue weighted by atomic mass is 32.2. The van der Waals surface area contributed by atoms with Gasteiger partial charge in [0.15, 0.2) is 16.8 Å². The summed E-state index contributed by atoms with van der Waals surface area (Å²) in [5.41, 5.74) is -0.521. The lowest BCUT2D eigenvalue weighted by Gasteiger charge is -2.36. The number of thioether (sulfide) groups is 1. The van der Waals surface area contributed by atoms with Crippen LogP contribution in [0.15, 0.2) is 23.2 Å². The number of aliphatic imine (C=N–C) groups is 1. The summed E-state index contributed by atoms with van der Waals surface area (Å²) in [5, 5.41) is 3.76. The molecular weight excluding hydrogens is 294 g/mol. The van der Waals surface area contributed by atoms with Gasteiger partial charge in [0.1, 0.15) is 5.54 Å². The lowest BCUT2D eigenvalue weighted by molar-refractivity contribution is 0.0904. The van der Waals surface area contributed by atoms with E-state index in [0.29, 0.717) is 12.2 Å². The van der Waals surface area contributed by atoms with E-state index in [2.05, 4.69) is 5.32 Å². The van der Waals surface area contributed by atoms with Crippen molar-refractivity contribution in [2.24, 2.45) is 10.9 Å². The third-order valence-corrected chi connectivity index (χ3v) is 5.41. The molecule has 2 aliphatic rings. The molecule has 0 aliphatic carbocycles. The Morgan fingerprint density at radius 1 is 1.48 bits per heavy atom. The number of benzene rings is 1. The molecule has 114 valence electrons. The van der Waals surface area contributed by atoms with Crippen molar-refractivity contribution in [3.8, 4) is 0 Å². The molecular formula is C15H18F2N2OS. The molecule has 2 heterocycles. The summed E-state index contributed by atoms with van der Waals surface area (Å²) in [6.45, 7) is 2.34. The minimum atomic E-state index is -0.833. The van der Waals surface area contributed by atoms with Crippen molar-refractivity contribution >= 4 is 16.9 Å². The highest BCUT2D eigenvalue weighted by Gasteiger charge is 2.53. The Kier molecular flexibility index (Phi) is 3.92. The van der Waals surface area contributed by atoms with Crippen LogP contribution in [-0.4, -0.2) is 30.7 Å². The van der Waals surface area contributed by atoms with Gasteiger partial charge in [-0.15, -0.1) is 0 Å². The lowest BCUT2D eigenvalue weighted by atomic mass is 9.78. The SMILES string of the molecule is CC[C@H]1OC[C@]2(c3cccc(F)c3F)N=C(NC)SC[C@H]12. The fourth-order valence-corrected chi connectivity index (χ4v) is 4.41. The van der Waals surface area contributed by atoms with E-state index in [1.165, 1.54) is 6.07 Å². The molecule has 1 aromatic carbocycles. The molecule has 6 heteroatoms. The monoisotopic (exact) mass is 312 g/mol. The van der Waals surface area contributed by atoms with E-state index in [1.54, 1.807) is 24.9 Å². The molecule has 3 atom stereocenters. The fraction of sp³-hybridized carbons (Fsp3) is 0.533. The van der Waals surface area contributed by atoms with E-state index < -0.39 is 17.2 Å². The summed E-state index contributed by atoms with van der Waals surface area (Å²) >= 11 is 1.60. The lowest BCUT2D eigenvalue weighted by Crippen LogP contribution is -2.42. The Bertz CT molecular complexity index is 581. The van der Waals surface area contributed by atoms with Gasteiger partial charge in [-0.05, 0) is 12.5 Å². The van der Waals surface area contributed by atoms with E-state index in [1.807, 2.05) is 6.92 Å². The molecule has 0 amide bonds. The molecule has 0 radical (unpaired) electrons. The van der Waals surface area contributed by atoms with E-state index in [0.717, 1.165) is 23.4 Å². The highest BCUT2D eigenvalue weighted by molar-refractivity contribution is 8.13. The van der Waals surface area contributed by atoms with Crippen LogP contribution in [0.3, 0.4) is 0 Å². The van der Waals surface area contributed by atoms with Crippen LogP contribution in [-0.2, 0) is 10.3 Å². The fourth-order valence-electron chi connectivity index (χ4n) is 3.21. The second-order valence-electron chi connectivity index (χ2n) is 5.37. The Morgan fingerprint density at radius 3 is 3.00 bits per heavy atom. The molecule has 1 N–H and O–H groups in total. The number of hydrogen-bond acceptors (Lipinski definition) is 4. The Morgan fingerprint density at radius 2 is 2.29 bits per heavy atom. The highest BCUT2D eigenvalue weighted by Crippen LogP contribution is 2.49. The predicted octanol–water partition coefficient (Wildman–Crippen LogP) is 2.91. The first-order valence-corrected chi connectivity index (χ1v) is 8.07. The number of ether oxygens (including phenoxy) is 1. The summed E-state index contributed by atoms with van der Waals surface area (Å²) in [4.78, 5) is 4.70. The van der Waals surface area contributed by atoms with Gasteiger partial charge in [0.2, 0.25) is 0 Å². The summed E-state index contributed by atoms with van der Waals surface area (Å²) in [7, 11) is 1.79. The van der Waals surface area contributed by atoms with E-state index in [9.17, 15) is 8.78 Å². The molecule has 0 unspecified atom stereocenters. The normalized spacial score (nSPS) is 31.7. The first-order chi connectivity index (χ1) is 10.1. The van der Waals surface area contributed by atoms with Gasteiger partial charge in [-0.1, -0.05) is 30.8 Å². The quantitative estimate of drug-likeness (QED) is 0.911. The third-order valence-electron chi connectivity index (χ3n) is 4.31. The molecule has 2 aliphatic heterocycles. The van der Waals surface area contributed by atoms with Crippen LogP contribution in [0, 0.1) is 17.6 Å². The van der Waals surface area contributed by atoms with Crippen LogP contribution in [0.25, 0.3) is 0 Å². The zero-order chi connectivity index (χ0) is 15.0. The number of fused-ring (bicyclic) bond motifs is 1. The van der Waals surface area contributed by atoms with Crippen molar-refractivity contribution in [2.45, 2.75) is 25.0 Å². The topological polar surface area (TPSA) is 33.6 Å². The van der Waals surface area contributed by atoms with E-state index >= 15 is 0 Å². The predicted molar refractivity (Wildman–Crippen MR) is 80.5 cm³/mol. The second kappa shape index (κ2) is 5.57. The average Bonchev–Trinajstić information content (AvgIpc) is 2.88. The Labute approximate surface area is 127 Å². The summed E-state index contributed by atoms with van der Waals surface area (Å²) < 4.78 is 33.9. The zero-order valence-electron chi connectivity index (χ0n) is 12.0. The average molecular weight is 312 g/mol. The van der Waals surface area contributed by atoms with E-state index in [4.69, 9.17) is 9.73 Å². The Hall–Kier alpha value is -1.14. The third kappa shape index (κ3) is 2.25. The second-order valence-corrected chi connectivity index (χ2v) is 6.38. The number of nitrogens with one attached hydrogen (secondary N) is 1. The molecule has 0 spiro atoms. The van der Waals surface area contributed by atoms with E-state index in [-0.39, 0.29) is 12.0 Å². The Balaban J connectivity index is 2.15. The van der Waals surface area contributed by atoms with Crippen LogP contribution >= 0.6 is 11.8 Å². The van der Waals surface area contributed by atoms with Crippen molar-refractivity contribution < 1.29 is 13.5 Å². The van der Waals surface area contributed by atoms with Crippen LogP contribution < -0.4 is 5.32 Å². The van der Waals surface area contributed by atoms with Crippen molar-refractivity contribution in [2.75, 3.05) is 19.4 Å². The molecule has 0 aromatic heterocycles. The summed E-state index contributed by atoms with van der Waals surface area (Å²) in [6, 6.07) is 4.30. The minimum Gasteiger partial charge on any atom is -0.375 e. The molecule has 1 aromatic rings. The number of rotatable bonds is 2. The largest absolute Gasteiger partial charge is 0.375 e. The van der Waals surface area contributed by atoms with Gasteiger partial charge in [0.05, 0.1) is 12.7 Å². The van der Waals surface area contributed by atoms with Crippen molar-refractivity contribution in [3.63, 3.8) is 0 Å². The van der Waals surface area contributed by atoms with Gasteiger partial charge in [-0.25, -0.2) is 13.8 Å². The molecule has 0 saturated carbocycles. The number of nitrogens with zero attached hydrogens (tertiary/aromatic N) is 1. The van der Waals surface area contributed by atoms with Gasteiger partial charge in [-0.3, -0.25) is 0 Å². The maximum Gasteiger partial charge on any atom is 0.164 e.